The lowest BCUT2D eigenvalue weighted by Gasteiger charge is -2.12. The van der Waals surface area contributed by atoms with Gasteiger partial charge in [0.2, 0.25) is 5.89 Å². The number of nitrogens with two attached hydrogens (primary N) is 1. The Morgan fingerprint density at radius 1 is 1.20 bits per heavy atom. The molecule has 1 atom stereocenters. The van der Waals surface area contributed by atoms with Crippen molar-refractivity contribution in [3.63, 3.8) is 0 Å². The fourth-order valence-electron chi connectivity index (χ4n) is 2.08. The molecule has 20 heavy (non-hydrogen) atoms. The minimum atomic E-state index is -0.198. The average Bonchev–Trinajstić information content (AvgIpc) is 2.88. The van der Waals surface area contributed by atoms with Crippen LogP contribution in [0.4, 0.5) is 0 Å². The Hall–Kier alpha value is -1.72. The molecular formula is C15H22N4O. The van der Waals surface area contributed by atoms with Crippen molar-refractivity contribution in [1.82, 2.24) is 15.0 Å². The van der Waals surface area contributed by atoms with E-state index in [-0.39, 0.29) is 6.04 Å². The van der Waals surface area contributed by atoms with Gasteiger partial charge in [0.15, 0.2) is 5.82 Å². The average molecular weight is 274 g/mol. The van der Waals surface area contributed by atoms with Gasteiger partial charge in [-0.05, 0) is 32.5 Å². The van der Waals surface area contributed by atoms with Crippen LogP contribution in [0.3, 0.4) is 0 Å². The van der Waals surface area contributed by atoms with Gasteiger partial charge in [0, 0.05) is 13.0 Å². The Labute approximate surface area is 119 Å². The highest BCUT2D eigenvalue weighted by atomic mass is 16.5. The summed E-state index contributed by atoms with van der Waals surface area (Å²) in [5.74, 6) is 1.26. The van der Waals surface area contributed by atoms with Gasteiger partial charge in [-0.3, -0.25) is 0 Å². The number of benzene rings is 1. The van der Waals surface area contributed by atoms with Gasteiger partial charge in [0.1, 0.15) is 0 Å². The SMILES string of the molecule is CN(C)CC(N)c1noc(CCCc2ccccc2)n1. The van der Waals surface area contributed by atoms with E-state index in [1.54, 1.807) is 0 Å². The van der Waals surface area contributed by atoms with Gasteiger partial charge in [0.25, 0.3) is 0 Å². The number of aromatic nitrogens is 2. The van der Waals surface area contributed by atoms with Crippen molar-refractivity contribution < 1.29 is 4.52 Å². The molecule has 1 aromatic heterocycles. The maximum absolute atomic E-state index is 6.00. The van der Waals surface area contributed by atoms with E-state index in [9.17, 15) is 0 Å². The standard InChI is InChI=1S/C15H22N4O/c1-19(2)11-13(16)15-17-14(20-18-15)10-6-9-12-7-4-3-5-8-12/h3-5,7-8,13H,6,9-11,16H2,1-2H3. The van der Waals surface area contributed by atoms with E-state index in [4.69, 9.17) is 10.3 Å². The highest BCUT2D eigenvalue weighted by molar-refractivity contribution is 5.14. The van der Waals surface area contributed by atoms with Crippen LogP contribution in [0, 0.1) is 0 Å². The third-order valence-corrected chi connectivity index (χ3v) is 3.08. The van der Waals surface area contributed by atoms with E-state index in [0.717, 1.165) is 19.3 Å². The topological polar surface area (TPSA) is 68.2 Å². The van der Waals surface area contributed by atoms with Crippen LogP contribution in [0.5, 0.6) is 0 Å². The Balaban J connectivity index is 1.81. The summed E-state index contributed by atoms with van der Waals surface area (Å²) < 4.78 is 5.25. The van der Waals surface area contributed by atoms with E-state index in [2.05, 4.69) is 34.4 Å². The molecule has 1 aromatic carbocycles. The Morgan fingerprint density at radius 2 is 1.95 bits per heavy atom. The first kappa shape index (κ1) is 14.7. The van der Waals surface area contributed by atoms with E-state index < -0.39 is 0 Å². The van der Waals surface area contributed by atoms with Crippen molar-refractivity contribution in [3.05, 3.63) is 47.6 Å². The monoisotopic (exact) mass is 274 g/mol. The molecule has 0 bridgehead atoms. The molecule has 0 saturated carbocycles. The van der Waals surface area contributed by atoms with Gasteiger partial charge in [0.05, 0.1) is 6.04 Å². The predicted octanol–water partition coefficient (Wildman–Crippen LogP) is 1.81. The van der Waals surface area contributed by atoms with Gasteiger partial charge in [-0.25, -0.2) is 0 Å². The van der Waals surface area contributed by atoms with Crippen LogP contribution in [0.1, 0.15) is 29.7 Å². The summed E-state index contributed by atoms with van der Waals surface area (Å²) in [6.45, 7) is 0.711. The Morgan fingerprint density at radius 3 is 2.65 bits per heavy atom. The molecule has 1 heterocycles. The fourth-order valence-corrected chi connectivity index (χ4v) is 2.08. The largest absolute Gasteiger partial charge is 0.339 e. The highest BCUT2D eigenvalue weighted by Crippen LogP contribution is 2.10. The van der Waals surface area contributed by atoms with Crippen LogP contribution < -0.4 is 5.73 Å². The minimum absolute atomic E-state index is 0.198. The first-order valence-corrected chi connectivity index (χ1v) is 6.92. The summed E-state index contributed by atoms with van der Waals surface area (Å²) in [7, 11) is 3.95. The van der Waals surface area contributed by atoms with Gasteiger partial charge in [-0.1, -0.05) is 35.5 Å². The third kappa shape index (κ3) is 4.43. The highest BCUT2D eigenvalue weighted by Gasteiger charge is 2.14. The second kappa shape index (κ2) is 7.17. The van der Waals surface area contributed by atoms with E-state index >= 15 is 0 Å². The number of aryl methyl sites for hydroxylation is 2. The Bertz CT molecular complexity index is 510. The summed E-state index contributed by atoms with van der Waals surface area (Å²) in [6, 6.07) is 10.2. The van der Waals surface area contributed by atoms with Crippen LogP contribution in [-0.2, 0) is 12.8 Å². The van der Waals surface area contributed by atoms with Crippen molar-refractivity contribution in [1.29, 1.82) is 0 Å². The molecule has 2 rings (SSSR count). The molecule has 2 aromatic rings. The molecule has 0 aliphatic heterocycles. The first-order valence-electron chi connectivity index (χ1n) is 6.92. The third-order valence-electron chi connectivity index (χ3n) is 3.08. The van der Waals surface area contributed by atoms with Crippen molar-refractivity contribution in [3.8, 4) is 0 Å². The van der Waals surface area contributed by atoms with Crippen LogP contribution >= 0.6 is 0 Å². The number of hydrogen-bond acceptors (Lipinski definition) is 5. The van der Waals surface area contributed by atoms with Crippen molar-refractivity contribution >= 4 is 0 Å². The summed E-state index contributed by atoms with van der Waals surface area (Å²) >= 11 is 0. The molecule has 0 aliphatic rings. The summed E-state index contributed by atoms with van der Waals surface area (Å²) in [5, 5.41) is 3.96. The van der Waals surface area contributed by atoms with Gasteiger partial charge < -0.3 is 15.2 Å². The molecule has 2 N–H and O–H groups in total. The second-order valence-electron chi connectivity index (χ2n) is 5.25. The molecule has 5 nitrogen and oxygen atoms in total. The number of hydrogen-bond donors (Lipinski definition) is 1. The normalized spacial score (nSPS) is 12.8. The maximum Gasteiger partial charge on any atom is 0.226 e. The van der Waals surface area contributed by atoms with Crippen molar-refractivity contribution in [2.75, 3.05) is 20.6 Å². The van der Waals surface area contributed by atoms with E-state index in [0.29, 0.717) is 18.3 Å². The molecule has 0 amide bonds. The molecule has 0 fully saturated rings. The van der Waals surface area contributed by atoms with Crippen LogP contribution in [0.2, 0.25) is 0 Å². The number of nitrogens with zero attached hydrogens (tertiary/aromatic N) is 3. The lowest BCUT2D eigenvalue weighted by Crippen LogP contribution is -2.26. The zero-order valence-corrected chi connectivity index (χ0v) is 12.1. The predicted molar refractivity (Wildman–Crippen MR) is 78.2 cm³/mol. The molecular weight excluding hydrogens is 252 g/mol. The molecule has 0 aliphatic carbocycles. The van der Waals surface area contributed by atoms with Crippen molar-refractivity contribution in [2.24, 2.45) is 5.73 Å². The van der Waals surface area contributed by atoms with Crippen LogP contribution in [0.15, 0.2) is 34.9 Å². The quantitative estimate of drug-likeness (QED) is 0.834. The number of rotatable bonds is 7. The van der Waals surface area contributed by atoms with Crippen LogP contribution in [0.25, 0.3) is 0 Å². The maximum atomic E-state index is 6.00. The fraction of sp³-hybridized carbons (Fsp3) is 0.467. The first-order chi connectivity index (χ1) is 9.65. The second-order valence-corrected chi connectivity index (χ2v) is 5.25. The summed E-state index contributed by atoms with van der Waals surface area (Å²) in [5.41, 5.74) is 7.33. The summed E-state index contributed by atoms with van der Waals surface area (Å²) in [6.07, 6.45) is 2.80. The lowest BCUT2D eigenvalue weighted by molar-refractivity contribution is 0.345. The van der Waals surface area contributed by atoms with Crippen LogP contribution in [-0.4, -0.2) is 35.7 Å². The molecule has 108 valence electrons. The van der Waals surface area contributed by atoms with Gasteiger partial charge >= 0.3 is 0 Å². The van der Waals surface area contributed by atoms with Crippen molar-refractivity contribution in [2.45, 2.75) is 25.3 Å². The molecule has 0 radical (unpaired) electrons. The Kier molecular flexibility index (Phi) is 5.26. The number of likely N-dealkylation sites (N-methyl/N-ethyl adjacent to an activating group) is 1. The van der Waals surface area contributed by atoms with Gasteiger partial charge in [-0.15, -0.1) is 0 Å². The van der Waals surface area contributed by atoms with E-state index in [1.165, 1.54) is 5.56 Å². The molecule has 5 heteroatoms. The lowest BCUT2D eigenvalue weighted by atomic mass is 10.1. The van der Waals surface area contributed by atoms with Gasteiger partial charge in [-0.2, -0.15) is 4.98 Å². The molecule has 1 unspecified atom stereocenters. The molecule has 0 spiro atoms. The van der Waals surface area contributed by atoms with E-state index in [1.807, 2.05) is 25.1 Å². The smallest absolute Gasteiger partial charge is 0.226 e. The minimum Gasteiger partial charge on any atom is -0.339 e. The zero-order chi connectivity index (χ0) is 14.4. The zero-order valence-electron chi connectivity index (χ0n) is 12.1. The summed E-state index contributed by atoms with van der Waals surface area (Å²) in [4.78, 5) is 6.37. The molecule has 0 saturated heterocycles.